The van der Waals surface area contributed by atoms with Crippen LogP contribution in [0.5, 0.6) is 0 Å². The Labute approximate surface area is 220 Å². The van der Waals surface area contributed by atoms with Gasteiger partial charge in [-0.1, -0.05) is 67.4 Å². The van der Waals surface area contributed by atoms with Crippen LogP contribution in [0.2, 0.25) is 0 Å². The van der Waals surface area contributed by atoms with Gasteiger partial charge in [0.15, 0.2) is 5.13 Å². The highest BCUT2D eigenvalue weighted by Crippen LogP contribution is 2.64. The minimum atomic E-state index is -0.584. The van der Waals surface area contributed by atoms with Crippen molar-refractivity contribution >= 4 is 38.4 Å². The molecule has 4 nitrogen and oxygen atoms in total. The predicted octanol–water partition coefficient (Wildman–Crippen LogP) is 8.03. The Morgan fingerprint density at radius 2 is 2.03 bits per heavy atom. The van der Waals surface area contributed by atoms with Crippen molar-refractivity contribution < 1.29 is 9.53 Å². The number of benzene rings is 2. The fourth-order valence-corrected chi connectivity index (χ4v) is 8.20. The molecule has 35 heavy (non-hydrogen) atoms. The number of hydrogen-bond donors (Lipinski definition) is 1. The molecule has 2 aliphatic carbocycles. The summed E-state index contributed by atoms with van der Waals surface area (Å²) in [6, 6.07) is 15.2. The van der Waals surface area contributed by atoms with E-state index in [9.17, 15) is 4.79 Å². The van der Waals surface area contributed by atoms with Gasteiger partial charge in [0.25, 0.3) is 0 Å². The molecule has 1 saturated carbocycles. The number of nitrogens with one attached hydrogen (secondary N) is 1. The number of carbonyl (C=O) groups excluding carboxylic acids is 1. The summed E-state index contributed by atoms with van der Waals surface area (Å²) < 4.78 is 6.46. The second-order valence-electron chi connectivity index (χ2n) is 10.8. The molecule has 0 spiro atoms. The van der Waals surface area contributed by atoms with Crippen LogP contribution in [0.15, 0.2) is 46.9 Å². The van der Waals surface area contributed by atoms with Crippen molar-refractivity contribution in [3.8, 4) is 11.3 Å². The molecule has 1 heterocycles. The number of anilines is 1. The van der Waals surface area contributed by atoms with E-state index in [4.69, 9.17) is 9.72 Å². The first-order valence-electron chi connectivity index (χ1n) is 12.4. The lowest BCUT2D eigenvalue weighted by Crippen LogP contribution is -2.50. The van der Waals surface area contributed by atoms with E-state index in [2.05, 4.69) is 79.3 Å². The monoisotopic (exact) mass is 552 g/mol. The van der Waals surface area contributed by atoms with Gasteiger partial charge in [0.1, 0.15) is 0 Å². The lowest BCUT2D eigenvalue weighted by molar-refractivity contribution is -0.157. The number of aromatic nitrogens is 1. The van der Waals surface area contributed by atoms with E-state index in [-0.39, 0.29) is 17.3 Å². The van der Waals surface area contributed by atoms with Crippen LogP contribution in [0.25, 0.3) is 11.3 Å². The number of fused-ring (bicyclic) bond motifs is 6. The number of nitrogens with zero attached hydrogens (tertiary/aromatic N) is 1. The molecule has 0 radical (unpaired) electrons. The Hall–Kier alpha value is -2.18. The highest BCUT2D eigenvalue weighted by atomic mass is 79.9. The van der Waals surface area contributed by atoms with Gasteiger partial charge in [0.05, 0.1) is 18.2 Å². The zero-order valence-corrected chi connectivity index (χ0v) is 23.5. The quantitative estimate of drug-likeness (QED) is 0.325. The lowest BCUT2D eigenvalue weighted by atomic mass is 9.50. The third-order valence-corrected chi connectivity index (χ3v) is 9.72. The highest BCUT2D eigenvalue weighted by molar-refractivity contribution is 9.10. The van der Waals surface area contributed by atoms with Crippen LogP contribution >= 0.6 is 27.3 Å². The number of rotatable bonds is 5. The van der Waals surface area contributed by atoms with Crippen LogP contribution in [0.4, 0.5) is 5.13 Å². The third-order valence-electron chi connectivity index (χ3n) is 8.15. The first-order valence-corrected chi connectivity index (χ1v) is 14.0. The smallest absolute Gasteiger partial charge is 0.312 e. The van der Waals surface area contributed by atoms with Crippen molar-refractivity contribution in [2.24, 2.45) is 5.41 Å². The molecule has 0 bridgehead atoms. The molecule has 1 fully saturated rings. The van der Waals surface area contributed by atoms with E-state index in [0.29, 0.717) is 12.5 Å². The van der Waals surface area contributed by atoms with E-state index >= 15 is 0 Å². The zero-order chi connectivity index (χ0) is 25.0. The van der Waals surface area contributed by atoms with Gasteiger partial charge in [-0.3, -0.25) is 4.79 Å². The molecule has 0 aliphatic heterocycles. The Morgan fingerprint density at radius 1 is 1.23 bits per heavy atom. The zero-order valence-electron chi connectivity index (χ0n) is 21.1. The summed E-state index contributed by atoms with van der Waals surface area (Å²) in [5.41, 5.74) is 5.36. The summed E-state index contributed by atoms with van der Waals surface area (Å²) in [4.78, 5) is 19.6. The van der Waals surface area contributed by atoms with Crippen molar-refractivity contribution in [1.29, 1.82) is 0 Å². The number of thiazole rings is 1. The van der Waals surface area contributed by atoms with Gasteiger partial charge in [-0.15, -0.1) is 11.3 Å². The number of methoxy groups -OCH3 is 1. The Kier molecular flexibility index (Phi) is 6.33. The molecule has 1 aromatic heterocycles. The average molecular weight is 554 g/mol. The standard InChI is InChI=1S/C29H33BrN2O2S/c1-17(2)19-10-11-22-21(15-19)23-24(25-28(22,3)12-7-13-29(25,4)26(33)34-5)35-27(32-23)31-16-18-8-6-9-20(30)14-18/h6,8-11,14-15,17,25H,7,12-13,16H2,1-5H3,(H,31,32)/t25?,28-,29-/m1/s1. The number of hydrogen-bond acceptors (Lipinski definition) is 5. The Morgan fingerprint density at radius 3 is 2.74 bits per heavy atom. The molecule has 1 unspecified atom stereocenters. The van der Waals surface area contributed by atoms with E-state index < -0.39 is 5.41 Å². The normalized spacial score (nSPS) is 24.9. The van der Waals surface area contributed by atoms with Crippen molar-refractivity contribution in [2.75, 3.05) is 12.4 Å². The molecule has 3 aromatic rings. The first kappa shape index (κ1) is 24.5. The van der Waals surface area contributed by atoms with E-state index in [1.54, 1.807) is 11.3 Å². The summed E-state index contributed by atoms with van der Waals surface area (Å²) in [5.74, 6) is 0.356. The molecule has 0 saturated heterocycles. The molecule has 1 N–H and O–H groups in total. The maximum atomic E-state index is 13.2. The molecule has 0 amide bonds. The molecule has 3 atom stereocenters. The molecule has 2 aliphatic rings. The molecule has 2 aromatic carbocycles. The van der Waals surface area contributed by atoms with Crippen molar-refractivity contribution in [3.63, 3.8) is 0 Å². The van der Waals surface area contributed by atoms with Gasteiger partial charge in [0.2, 0.25) is 0 Å². The molecule has 6 heteroatoms. The maximum Gasteiger partial charge on any atom is 0.312 e. The van der Waals surface area contributed by atoms with Crippen molar-refractivity contribution in [2.45, 2.75) is 70.8 Å². The fraction of sp³-hybridized carbons (Fsp3) is 0.448. The van der Waals surface area contributed by atoms with Gasteiger partial charge < -0.3 is 10.1 Å². The summed E-state index contributed by atoms with van der Waals surface area (Å²) in [5, 5.41) is 4.46. The minimum Gasteiger partial charge on any atom is -0.469 e. The van der Waals surface area contributed by atoms with E-state index in [1.165, 1.54) is 34.2 Å². The largest absolute Gasteiger partial charge is 0.469 e. The number of halogens is 1. The highest BCUT2D eigenvalue weighted by Gasteiger charge is 2.58. The molecular formula is C29H33BrN2O2S. The van der Waals surface area contributed by atoms with Crippen LogP contribution in [-0.2, 0) is 21.5 Å². The number of esters is 1. The van der Waals surface area contributed by atoms with Crippen molar-refractivity contribution in [1.82, 2.24) is 4.98 Å². The second-order valence-corrected chi connectivity index (χ2v) is 12.7. The predicted molar refractivity (Wildman–Crippen MR) is 147 cm³/mol. The maximum absolute atomic E-state index is 13.2. The van der Waals surface area contributed by atoms with E-state index in [1.807, 2.05) is 12.1 Å². The fourth-order valence-electron chi connectivity index (χ4n) is 6.37. The van der Waals surface area contributed by atoms with Crippen LogP contribution < -0.4 is 5.32 Å². The Bertz CT molecular complexity index is 1290. The SMILES string of the molecule is COC(=O)[C@]1(C)CCC[C@]2(C)c3ccc(C(C)C)cc3-c3nc(NCc4cccc(Br)c4)sc3C12. The van der Waals surface area contributed by atoms with Crippen LogP contribution in [-0.4, -0.2) is 18.1 Å². The summed E-state index contributed by atoms with van der Waals surface area (Å²) in [6.45, 7) is 9.62. The molecular weight excluding hydrogens is 520 g/mol. The van der Waals surface area contributed by atoms with Gasteiger partial charge in [-0.2, -0.15) is 0 Å². The van der Waals surface area contributed by atoms with Crippen LogP contribution in [0, 0.1) is 5.41 Å². The number of ether oxygens (including phenoxy) is 1. The Balaban J connectivity index is 1.65. The van der Waals surface area contributed by atoms with Gasteiger partial charge in [-0.05, 0) is 60.6 Å². The first-order chi connectivity index (χ1) is 16.7. The summed E-state index contributed by atoms with van der Waals surface area (Å²) in [6.07, 6.45) is 2.89. The molecule has 184 valence electrons. The topological polar surface area (TPSA) is 51.2 Å². The van der Waals surface area contributed by atoms with Gasteiger partial charge in [-0.25, -0.2) is 4.98 Å². The lowest BCUT2D eigenvalue weighted by Gasteiger charge is -2.53. The minimum absolute atomic E-state index is 0.0301. The number of carbonyl (C=O) groups is 1. The van der Waals surface area contributed by atoms with Gasteiger partial charge >= 0.3 is 5.97 Å². The van der Waals surface area contributed by atoms with E-state index in [0.717, 1.165) is 34.6 Å². The second kappa shape index (κ2) is 9.04. The van der Waals surface area contributed by atoms with Gasteiger partial charge in [0, 0.05) is 32.8 Å². The van der Waals surface area contributed by atoms with Crippen LogP contribution in [0.3, 0.4) is 0 Å². The van der Waals surface area contributed by atoms with Crippen molar-refractivity contribution in [3.05, 3.63) is 68.5 Å². The average Bonchev–Trinajstić information content (AvgIpc) is 3.25. The third kappa shape index (κ3) is 4.03. The summed E-state index contributed by atoms with van der Waals surface area (Å²) in [7, 11) is 1.52. The summed E-state index contributed by atoms with van der Waals surface area (Å²) >= 11 is 5.27. The molecule has 5 rings (SSSR count). The van der Waals surface area contributed by atoms with Crippen LogP contribution in [0.1, 0.15) is 80.4 Å².